The lowest BCUT2D eigenvalue weighted by Gasteiger charge is -2.20. The number of hydrogen-bond donors (Lipinski definition) is 2. The lowest BCUT2D eigenvalue weighted by Crippen LogP contribution is -2.41. The molecule has 1 aliphatic rings. The lowest BCUT2D eigenvalue weighted by atomic mass is 10.0. The number of methoxy groups -OCH3 is 1. The predicted octanol–water partition coefficient (Wildman–Crippen LogP) is 3.29. The van der Waals surface area contributed by atoms with Gasteiger partial charge in [0.2, 0.25) is 11.8 Å². The van der Waals surface area contributed by atoms with Crippen LogP contribution in [0.2, 0.25) is 0 Å². The van der Waals surface area contributed by atoms with Crippen molar-refractivity contribution in [1.82, 2.24) is 5.32 Å². The first-order chi connectivity index (χ1) is 12.0. The van der Waals surface area contributed by atoms with Crippen LogP contribution in [0.25, 0.3) is 0 Å². The second-order valence-corrected chi connectivity index (χ2v) is 6.37. The summed E-state index contributed by atoms with van der Waals surface area (Å²) >= 11 is 0. The molecule has 0 heterocycles. The van der Waals surface area contributed by atoms with Crippen molar-refractivity contribution < 1.29 is 14.3 Å². The Morgan fingerprint density at radius 3 is 2.40 bits per heavy atom. The van der Waals surface area contributed by atoms with Gasteiger partial charge in [-0.3, -0.25) is 9.59 Å². The van der Waals surface area contributed by atoms with Crippen LogP contribution in [0.5, 0.6) is 5.75 Å². The second-order valence-electron chi connectivity index (χ2n) is 6.37. The zero-order valence-electron chi connectivity index (χ0n) is 14.4. The fraction of sp³-hybridized carbons (Fsp3) is 0.300. The van der Waals surface area contributed by atoms with Crippen molar-refractivity contribution in [2.24, 2.45) is 5.41 Å². The van der Waals surface area contributed by atoms with Crippen molar-refractivity contribution in [1.29, 1.82) is 0 Å². The van der Waals surface area contributed by atoms with Gasteiger partial charge in [-0.1, -0.05) is 36.4 Å². The molecule has 0 bridgehead atoms. The van der Waals surface area contributed by atoms with Crippen LogP contribution in [0.4, 0.5) is 5.69 Å². The molecular weight excluding hydrogens is 316 g/mol. The highest BCUT2D eigenvalue weighted by molar-refractivity contribution is 6.13. The molecule has 1 unspecified atom stereocenters. The summed E-state index contributed by atoms with van der Waals surface area (Å²) in [6, 6.07) is 16.7. The summed E-state index contributed by atoms with van der Waals surface area (Å²) in [5.74, 6) is 0.174. The summed E-state index contributed by atoms with van der Waals surface area (Å²) in [5, 5.41) is 5.80. The van der Waals surface area contributed by atoms with Gasteiger partial charge in [0.05, 0.1) is 13.2 Å². The molecule has 1 aliphatic carbocycles. The average molecular weight is 338 g/mol. The standard InChI is InChI=1S/C20H22N2O3/c1-14(15-7-4-3-5-8-15)21-18(23)20(11-12-20)19(24)22-16-9-6-10-17(13-16)25-2/h3-10,13-14H,11-12H2,1-2H3,(H,21,23)(H,22,24). The van der Waals surface area contributed by atoms with Gasteiger partial charge in [0.1, 0.15) is 11.2 Å². The first-order valence-corrected chi connectivity index (χ1v) is 8.36. The van der Waals surface area contributed by atoms with Gasteiger partial charge >= 0.3 is 0 Å². The maximum absolute atomic E-state index is 12.7. The van der Waals surface area contributed by atoms with Crippen molar-refractivity contribution >= 4 is 17.5 Å². The third-order valence-corrected chi connectivity index (χ3v) is 4.59. The van der Waals surface area contributed by atoms with Gasteiger partial charge in [-0.25, -0.2) is 0 Å². The molecule has 5 heteroatoms. The second kappa shape index (κ2) is 6.97. The van der Waals surface area contributed by atoms with Gasteiger partial charge < -0.3 is 15.4 Å². The van der Waals surface area contributed by atoms with E-state index in [0.717, 1.165) is 5.56 Å². The third kappa shape index (κ3) is 3.65. The van der Waals surface area contributed by atoms with Gasteiger partial charge in [-0.05, 0) is 37.5 Å². The molecular formula is C20H22N2O3. The SMILES string of the molecule is COc1cccc(NC(=O)C2(C(=O)NC(C)c3ccccc3)CC2)c1. The highest BCUT2D eigenvalue weighted by atomic mass is 16.5. The van der Waals surface area contributed by atoms with Crippen molar-refractivity contribution in [2.45, 2.75) is 25.8 Å². The van der Waals surface area contributed by atoms with Crippen LogP contribution in [0.1, 0.15) is 31.4 Å². The van der Waals surface area contributed by atoms with Crippen molar-refractivity contribution in [3.8, 4) is 5.75 Å². The van der Waals surface area contributed by atoms with Crippen molar-refractivity contribution in [3.63, 3.8) is 0 Å². The molecule has 0 saturated heterocycles. The van der Waals surface area contributed by atoms with E-state index in [9.17, 15) is 9.59 Å². The molecule has 0 aliphatic heterocycles. The molecule has 130 valence electrons. The number of carbonyl (C=O) groups is 2. The molecule has 3 rings (SSSR count). The van der Waals surface area contributed by atoms with E-state index in [0.29, 0.717) is 24.3 Å². The smallest absolute Gasteiger partial charge is 0.240 e. The highest BCUT2D eigenvalue weighted by Gasteiger charge is 2.56. The number of rotatable bonds is 6. The molecule has 1 fully saturated rings. The van der Waals surface area contributed by atoms with E-state index in [1.165, 1.54) is 0 Å². The fourth-order valence-corrected chi connectivity index (χ4v) is 2.79. The number of nitrogens with one attached hydrogen (secondary N) is 2. The van der Waals surface area contributed by atoms with Crippen LogP contribution in [-0.2, 0) is 9.59 Å². The van der Waals surface area contributed by atoms with Gasteiger partial charge in [0, 0.05) is 11.8 Å². The molecule has 0 spiro atoms. The molecule has 2 amide bonds. The van der Waals surface area contributed by atoms with Crippen LogP contribution in [0, 0.1) is 5.41 Å². The number of amides is 2. The van der Waals surface area contributed by atoms with Gasteiger partial charge in [0.25, 0.3) is 0 Å². The van der Waals surface area contributed by atoms with Crippen LogP contribution in [0.15, 0.2) is 54.6 Å². The minimum Gasteiger partial charge on any atom is -0.497 e. The minimum atomic E-state index is -0.966. The van der Waals surface area contributed by atoms with Gasteiger partial charge in [-0.15, -0.1) is 0 Å². The third-order valence-electron chi connectivity index (χ3n) is 4.59. The first-order valence-electron chi connectivity index (χ1n) is 8.36. The van der Waals surface area contributed by atoms with E-state index in [2.05, 4.69) is 10.6 Å². The fourth-order valence-electron chi connectivity index (χ4n) is 2.79. The van der Waals surface area contributed by atoms with Gasteiger partial charge in [-0.2, -0.15) is 0 Å². The van der Waals surface area contributed by atoms with Crippen LogP contribution < -0.4 is 15.4 Å². The van der Waals surface area contributed by atoms with Crippen molar-refractivity contribution in [3.05, 3.63) is 60.2 Å². The first kappa shape index (κ1) is 17.0. The summed E-state index contributed by atoms with van der Waals surface area (Å²) in [7, 11) is 1.57. The van der Waals surface area contributed by atoms with E-state index < -0.39 is 5.41 Å². The number of carbonyl (C=O) groups excluding carboxylic acids is 2. The molecule has 0 aromatic heterocycles. The molecule has 5 nitrogen and oxygen atoms in total. The molecule has 2 aromatic carbocycles. The summed E-state index contributed by atoms with van der Waals surface area (Å²) < 4.78 is 5.16. The number of hydrogen-bond acceptors (Lipinski definition) is 3. The summed E-state index contributed by atoms with van der Waals surface area (Å²) in [5.41, 5.74) is 0.672. The molecule has 2 aromatic rings. The zero-order chi connectivity index (χ0) is 17.9. The number of ether oxygens (including phenoxy) is 1. The van der Waals surface area contributed by atoms with Crippen LogP contribution in [-0.4, -0.2) is 18.9 Å². The average Bonchev–Trinajstić information content (AvgIpc) is 3.44. The van der Waals surface area contributed by atoms with Gasteiger partial charge in [0.15, 0.2) is 0 Å². The Labute approximate surface area is 147 Å². The van der Waals surface area contributed by atoms with E-state index in [4.69, 9.17) is 4.74 Å². The Hall–Kier alpha value is -2.82. The largest absolute Gasteiger partial charge is 0.497 e. The van der Waals surface area contributed by atoms with Crippen molar-refractivity contribution in [2.75, 3.05) is 12.4 Å². The quantitative estimate of drug-likeness (QED) is 0.794. The summed E-state index contributed by atoms with van der Waals surface area (Å²) in [4.78, 5) is 25.3. The maximum Gasteiger partial charge on any atom is 0.240 e. The topological polar surface area (TPSA) is 67.4 Å². The highest BCUT2D eigenvalue weighted by Crippen LogP contribution is 2.47. The normalized spacial score (nSPS) is 15.8. The van der Waals surface area contributed by atoms with E-state index in [1.807, 2.05) is 37.3 Å². The van der Waals surface area contributed by atoms with E-state index in [1.54, 1.807) is 31.4 Å². The zero-order valence-corrected chi connectivity index (χ0v) is 14.4. The Kier molecular flexibility index (Phi) is 4.74. The molecule has 1 saturated carbocycles. The predicted molar refractivity (Wildman–Crippen MR) is 96.3 cm³/mol. The van der Waals surface area contributed by atoms with E-state index in [-0.39, 0.29) is 17.9 Å². The molecule has 2 N–H and O–H groups in total. The maximum atomic E-state index is 12.7. The Bertz CT molecular complexity index is 770. The Morgan fingerprint density at radius 2 is 1.76 bits per heavy atom. The number of anilines is 1. The Balaban J connectivity index is 1.66. The Morgan fingerprint density at radius 1 is 1.04 bits per heavy atom. The van der Waals surface area contributed by atoms with E-state index >= 15 is 0 Å². The number of benzene rings is 2. The summed E-state index contributed by atoms with van der Waals surface area (Å²) in [6.07, 6.45) is 1.13. The lowest BCUT2D eigenvalue weighted by molar-refractivity contribution is -0.134. The van der Waals surface area contributed by atoms with Crippen LogP contribution in [0.3, 0.4) is 0 Å². The molecule has 0 radical (unpaired) electrons. The molecule has 25 heavy (non-hydrogen) atoms. The monoisotopic (exact) mass is 338 g/mol. The summed E-state index contributed by atoms with van der Waals surface area (Å²) in [6.45, 7) is 1.92. The minimum absolute atomic E-state index is 0.143. The molecule has 1 atom stereocenters. The van der Waals surface area contributed by atoms with Crippen LogP contribution >= 0.6 is 0 Å².